The van der Waals surface area contributed by atoms with E-state index in [1.165, 1.54) is 51.4 Å². The summed E-state index contributed by atoms with van der Waals surface area (Å²) < 4.78 is 11.5. The van der Waals surface area contributed by atoms with Gasteiger partial charge in [0.25, 0.3) is 0 Å². The third-order valence-electron chi connectivity index (χ3n) is 5.58. The Morgan fingerprint density at radius 1 is 0.654 bits per heavy atom. The number of nitrogens with one attached hydrogen (secondary N) is 2. The van der Waals surface area contributed by atoms with Crippen LogP contribution in [0.4, 0.5) is 0 Å². The van der Waals surface area contributed by atoms with Gasteiger partial charge in [-0.3, -0.25) is 0 Å². The average Bonchev–Trinajstić information content (AvgIpc) is 3.28. The average molecular weight is 372 g/mol. The van der Waals surface area contributed by atoms with Crippen LogP contribution in [0.5, 0.6) is 0 Å². The maximum Gasteiger partial charge on any atom is 0.414 e. The van der Waals surface area contributed by atoms with Crippen LogP contribution in [0.2, 0.25) is 0 Å². The van der Waals surface area contributed by atoms with Crippen molar-refractivity contribution >= 4 is 11.9 Å². The van der Waals surface area contributed by atoms with Crippen LogP contribution >= 0.6 is 0 Å². The van der Waals surface area contributed by atoms with Gasteiger partial charge in [0, 0.05) is 13.2 Å². The second-order valence-corrected chi connectivity index (χ2v) is 7.38. The number of carboxylic acid groups (broad SMARTS) is 2. The zero-order chi connectivity index (χ0) is 18.9. The minimum absolute atomic E-state index is 0.311. The fourth-order valence-corrected chi connectivity index (χ4v) is 4.06. The van der Waals surface area contributed by atoms with Gasteiger partial charge < -0.3 is 30.3 Å². The molecule has 0 bridgehead atoms. The van der Waals surface area contributed by atoms with E-state index in [1.807, 2.05) is 0 Å². The lowest BCUT2D eigenvalue weighted by atomic mass is 9.90. The van der Waals surface area contributed by atoms with Crippen molar-refractivity contribution in [3.05, 3.63) is 0 Å². The van der Waals surface area contributed by atoms with Crippen LogP contribution in [-0.4, -0.2) is 72.7 Å². The summed E-state index contributed by atoms with van der Waals surface area (Å²) in [4.78, 5) is 18.2. The topological polar surface area (TPSA) is 117 Å². The Balaban J connectivity index is 0.000000146. The third-order valence-corrected chi connectivity index (χ3v) is 5.58. The van der Waals surface area contributed by atoms with Gasteiger partial charge in [-0.05, 0) is 77.5 Å². The van der Waals surface area contributed by atoms with Crippen molar-refractivity contribution in [3.8, 4) is 0 Å². The molecule has 4 aliphatic rings. The Labute approximate surface area is 154 Å². The molecule has 4 N–H and O–H groups in total. The smallest absolute Gasteiger partial charge is 0.414 e. The summed E-state index contributed by atoms with van der Waals surface area (Å²) in [5.74, 6) is -3.65. The first-order chi connectivity index (χ1) is 12.5. The van der Waals surface area contributed by atoms with Gasteiger partial charge in [-0.15, -0.1) is 0 Å². The minimum Gasteiger partial charge on any atom is -0.473 e. The number of ether oxygens (including phenoxy) is 2. The number of hydrogen-bond acceptors (Lipinski definition) is 6. The highest BCUT2D eigenvalue weighted by molar-refractivity contribution is 6.27. The number of hydrogen-bond donors (Lipinski definition) is 4. The lowest BCUT2D eigenvalue weighted by Crippen LogP contribution is -2.41. The predicted octanol–water partition coefficient (Wildman–Crippen LogP) is 0.994. The summed E-state index contributed by atoms with van der Waals surface area (Å²) in [6.07, 6.45) is 10.1. The summed E-state index contributed by atoms with van der Waals surface area (Å²) >= 11 is 0. The van der Waals surface area contributed by atoms with Gasteiger partial charge in [-0.25, -0.2) is 9.59 Å². The minimum atomic E-state index is -1.82. The number of aliphatic carboxylic acids is 2. The molecule has 0 aromatic heterocycles. The van der Waals surface area contributed by atoms with Crippen LogP contribution in [0.1, 0.15) is 51.4 Å². The van der Waals surface area contributed by atoms with Gasteiger partial charge in [0.15, 0.2) is 0 Å². The molecule has 0 aromatic carbocycles. The van der Waals surface area contributed by atoms with Crippen molar-refractivity contribution in [2.45, 2.75) is 62.6 Å². The van der Waals surface area contributed by atoms with Gasteiger partial charge in [0.1, 0.15) is 0 Å². The lowest BCUT2D eigenvalue weighted by Gasteiger charge is -2.32. The molecule has 8 nitrogen and oxygen atoms in total. The highest BCUT2D eigenvalue weighted by Gasteiger charge is 2.36. The number of rotatable bonds is 0. The van der Waals surface area contributed by atoms with Crippen LogP contribution in [0, 0.1) is 0 Å². The van der Waals surface area contributed by atoms with Crippen molar-refractivity contribution in [1.29, 1.82) is 0 Å². The van der Waals surface area contributed by atoms with E-state index < -0.39 is 11.9 Å². The number of piperidine rings is 2. The molecule has 4 aliphatic heterocycles. The van der Waals surface area contributed by atoms with Crippen molar-refractivity contribution in [1.82, 2.24) is 10.6 Å². The molecule has 26 heavy (non-hydrogen) atoms. The summed E-state index contributed by atoms with van der Waals surface area (Å²) in [6.45, 7) is 6.61. The predicted molar refractivity (Wildman–Crippen MR) is 95.3 cm³/mol. The molecule has 0 aromatic rings. The van der Waals surface area contributed by atoms with E-state index in [9.17, 15) is 0 Å². The maximum absolute atomic E-state index is 9.10. The van der Waals surface area contributed by atoms with Crippen LogP contribution in [-0.2, 0) is 19.1 Å². The molecule has 150 valence electrons. The first kappa shape index (κ1) is 21.1. The standard InChI is InChI=1S/2C8H15NO.C2H2O4/c2*1-2-8(10-7-1)3-5-9-6-4-8;3-1(4)2(5)6/h2*9H,1-7H2;(H,3,4)(H,5,6). The van der Waals surface area contributed by atoms with Gasteiger partial charge >= 0.3 is 11.9 Å². The highest BCUT2D eigenvalue weighted by Crippen LogP contribution is 2.34. The molecule has 4 saturated heterocycles. The quantitative estimate of drug-likeness (QED) is 0.465. The molecule has 0 atom stereocenters. The van der Waals surface area contributed by atoms with Gasteiger partial charge in [-0.1, -0.05) is 0 Å². The number of carbonyl (C=O) groups is 2. The van der Waals surface area contributed by atoms with Crippen LogP contribution in [0.25, 0.3) is 0 Å². The van der Waals surface area contributed by atoms with Crippen molar-refractivity contribution in [2.24, 2.45) is 0 Å². The fourth-order valence-electron chi connectivity index (χ4n) is 4.06. The summed E-state index contributed by atoms with van der Waals surface area (Å²) in [5, 5.41) is 21.5. The zero-order valence-corrected chi connectivity index (χ0v) is 15.4. The molecule has 4 rings (SSSR count). The molecule has 0 aliphatic carbocycles. The van der Waals surface area contributed by atoms with Gasteiger partial charge in [0.05, 0.1) is 11.2 Å². The van der Waals surface area contributed by atoms with E-state index in [-0.39, 0.29) is 0 Å². The summed E-state index contributed by atoms with van der Waals surface area (Å²) in [7, 11) is 0. The largest absolute Gasteiger partial charge is 0.473 e. The van der Waals surface area contributed by atoms with Crippen molar-refractivity contribution < 1.29 is 29.3 Å². The van der Waals surface area contributed by atoms with E-state index in [2.05, 4.69) is 10.6 Å². The Kier molecular flexibility index (Phi) is 8.27. The Morgan fingerprint density at radius 3 is 1.23 bits per heavy atom. The zero-order valence-electron chi connectivity index (χ0n) is 15.4. The third kappa shape index (κ3) is 6.50. The molecule has 4 fully saturated rings. The van der Waals surface area contributed by atoms with Crippen LogP contribution < -0.4 is 10.6 Å². The fraction of sp³-hybridized carbons (Fsp3) is 0.889. The Bertz CT molecular complexity index is 401. The van der Waals surface area contributed by atoms with E-state index in [4.69, 9.17) is 29.3 Å². The maximum atomic E-state index is 9.10. The molecule has 4 heterocycles. The molecular formula is C18H32N2O6. The van der Waals surface area contributed by atoms with Crippen molar-refractivity contribution in [2.75, 3.05) is 39.4 Å². The summed E-state index contributed by atoms with van der Waals surface area (Å²) in [6, 6.07) is 0. The summed E-state index contributed by atoms with van der Waals surface area (Å²) in [5.41, 5.74) is 0.622. The lowest BCUT2D eigenvalue weighted by molar-refractivity contribution is -0.159. The van der Waals surface area contributed by atoms with E-state index in [0.717, 1.165) is 39.4 Å². The first-order valence-corrected chi connectivity index (χ1v) is 9.63. The Hall–Kier alpha value is -1.22. The van der Waals surface area contributed by atoms with E-state index >= 15 is 0 Å². The molecule has 0 amide bonds. The molecular weight excluding hydrogens is 340 g/mol. The SMILES string of the molecule is C1COC2(C1)CCNCC2.C1COC2(C1)CCNCC2.O=C(O)C(=O)O. The molecule has 8 heteroatoms. The molecule has 0 saturated carbocycles. The molecule has 0 unspecified atom stereocenters. The monoisotopic (exact) mass is 372 g/mol. The normalized spacial score (nSPS) is 25.7. The van der Waals surface area contributed by atoms with Crippen molar-refractivity contribution in [3.63, 3.8) is 0 Å². The van der Waals surface area contributed by atoms with Gasteiger partial charge in [-0.2, -0.15) is 0 Å². The number of carboxylic acids is 2. The highest BCUT2D eigenvalue weighted by atomic mass is 16.5. The molecule has 2 spiro atoms. The molecule has 0 radical (unpaired) electrons. The second-order valence-electron chi connectivity index (χ2n) is 7.38. The van der Waals surface area contributed by atoms with Crippen LogP contribution in [0.3, 0.4) is 0 Å². The van der Waals surface area contributed by atoms with Gasteiger partial charge in [0.2, 0.25) is 0 Å². The first-order valence-electron chi connectivity index (χ1n) is 9.63. The van der Waals surface area contributed by atoms with E-state index in [0.29, 0.717) is 11.2 Å². The van der Waals surface area contributed by atoms with E-state index in [1.54, 1.807) is 0 Å². The second kappa shape index (κ2) is 10.2. The Morgan fingerprint density at radius 2 is 1.00 bits per heavy atom. The van der Waals surface area contributed by atoms with Crippen LogP contribution in [0.15, 0.2) is 0 Å².